The fourth-order valence-electron chi connectivity index (χ4n) is 3.13. The van der Waals surface area contributed by atoms with Crippen LogP contribution in [0.3, 0.4) is 0 Å². The number of aromatic nitrogens is 2. The van der Waals surface area contributed by atoms with Crippen molar-refractivity contribution in [2.45, 2.75) is 17.7 Å². The van der Waals surface area contributed by atoms with Crippen molar-refractivity contribution in [1.82, 2.24) is 9.97 Å². The molecule has 0 radical (unpaired) electrons. The first-order chi connectivity index (χ1) is 12.0. The fraction of sp³-hybridized carbons (Fsp3) is 0.176. The van der Waals surface area contributed by atoms with Gasteiger partial charge in [0.15, 0.2) is 0 Å². The Hall–Kier alpha value is -2.87. The fourth-order valence-corrected chi connectivity index (χ4v) is 4.70. The average Bonchev–Trinajstić information content (AvgIpc) is 2.61. The van der Waals surface area contributed by atoms with E-state index in [1.807, 2.05) is 18.2 Å². The number of aryl methyl sites for hydroxylation is 1. The first-order valence-corrected chi connectivity index (χ1v) is 9.28. The van der Waals surface area contributed by atoms with Crippen molar-refractivity contribution in [2.24, 2.45) is 0 Å². The quantitative estimate of drug-likeness (QED) is 0.676. The predicted octanol–water partition coefficient (Wildman–Crippen LogP) is 1.36. The minimum absolute atomic E-state index is 0.0689. The largest absolute Gasteiger partial charge is 0.316 e. The second-order valence-electron chi connectivity index (χ2n) is 5.93. The van der Waals surface area contributed by atoms with Crippen molar-refractivity contribution in [3.05, 3.63) is 68.7 Å². The third kappa shape index (κ3) is 2.54. The second-order valence-corrected chi connectivity index (χ2v) is 7.79. The van der Waals surface area contributed by atoms with Gasteiger partial charge in [-0.25, -0.2) is 8.42 Å². The number of nitrogens with one attached hydrogen (secondary N) is 2. The zero-order valence-corrected chi connectivity index (χ0v) is 14.0. The minimum Gasteiger partial charge on any atom is -0.316 e. The van der Waals surface area contributed by atoms with E-state index < -0.39 is 21.1 Å². The Morgan fingerprint density at radius 2 is 1.64 bits per heavy atom. The Morgan fingerprint density at radius 3 is 2.44 bits per heavy atom. The molecular formula is C17H15N3O4S. The van der Waals surface area contributed by atoms with Crippen LogP contribution in [-0.4, -0.2) is 24.9 Å². The molecule has 1 aliphatic rings. The smallest absolute Gasteiger partial charge is 0.314 e. The highest BCUT2D eigenvalue weighted by atomic mass is 32.2. The number of fused-ring (bicyclic) bond motifs is 2. The van der Waals surface area contributed by atoms with Crippen LogP contribution in [0.25, 0.3) is 11.0 Å². The van der Waals surface area contributed by atoms with Gasteiger partial charge in [0.1, 0.15) is 0 Å². The first-order valence-electron chi connectivity index (χ1n) is 7.84. The zero-order chi connectivity index (χ0) is 17.6. The molecule has 0 atom stereocenters. The van der Waals surface area contributed by atoms with Crippen LogP contribution in [0.2, 0.25) is 0 Å². The molecule has 3 aromatic rings. The molecule has 0 fully saturated rings. The summed E-state index contributed by atoms with van der Waals surface area (Å²) in [5.41, 5.74) is 0.747. The van der Waals surface area contributed by atoms with Gasteiger partial charge < -0.3 is 9.97 Å². The van der Waals surface area contributed by atoms with E-state index in [4.69, 9.17) is 0 Å². The molecule has 25 heavy (non-hydrogen) atoms. The third-order valence-electron chi connectivity index (χ3n) is 4.35. The summed E-state index contributed by atoms with van der Waals surface area (Å²) < 4.78 is 27.6. The van der Waals surface area contributed by atoms with Gasteiger partial charge >= 0.3 is 11.1 Å². The van der Waals surface area contributed by atoms with E-state index in [9.17, 15) is 18.0 Å². The lowest BCUT2D eigenvalue weighted by Gasteiger charge is -2.30. The Kier molecular flexibility index (Phi) is 3.50. The van der Waals surface area contributed by atoms with Gasteiger partial charge in [-0.05, 0) is 42.7 Å². The van der Waals surface area contributed by atoms with Gasteiger partial charge in [-0.1, -0.05) is 18.2 Å². The van der Waals surface area contributed by atoms with E-state index in [1.54, 1.807) is 6.07 Å². The van der Waals surface area contributed by atoms with Crippen molar-refractivity contribution in [2.75, 3.05) is 10.8 Å². The van der Waals surface area contributed by atoms with Crippen molar-refractivity contribution in [3.63, 3.8) is 0 Å². The number of hydrogen-bond donors (Lipinski definition) is 2. The number of rotatable bonds is 2. The number of hydrogen-bond acceptors (Lipinski definition) is 4. The van der Waals surface area contributed by atoms with Gasteiger partial charge in [-0.3, -0.25) is 13.9 Å². The standard InChI is InChI=1S/C17H15N3O4S/c21-16-17(22)19-14-10-12(7-8-13(14)18-16)25(23,24)20-9-3-5-11-4-1-2-6-15(11)20/h1-2,4,6-8,10H,3,5,9H2,(H,18,21)(H,19,22). The van der Waals surface area contributed by atoms with Crippen LogP contribution in [0, 0.1) is 0 Å². The highest BCUT2D eigenvalue weighted by molar-refractivity contribution is 7.92. The number of para-hydroxylation sites is 1. The predicted molar refractivity (Wildman–Crippen MR) is 94.5 cm³/mol. The first kappa shape index (κ1) is 15.6. The van der Waals surface area contributed by atoms with Crippen LogP contribution in [0.5, 0.6) is 0 Å². The van der Waals surface area contributed by atoms with Gasteiger partial charge in [-0.2, -0.15) is 0 Å². The Morgan fingerprint density at radius 1 is 0.920 bits per heavy atom. The third-order valence-corrected chi connectivity index (χ3v) is 6.16. The van der Waals surface area contributed by atoms with Gasteiger partial charge in [0.05, 0.1) is 21.6 Å². The molecule has 2 aromatic carbocycles. The van der Waals surface area contributed by atoms with Crippen LogP contribution in [0.1, 0.15) is 12.0 Å². The Labute approximate surface area is 143 Å². The summed E-state index contributed by atoms with van der Waals surface area (Å²) in [6, 6.07) is 11.7. The molecule has 8 heteroatoms. The molecule has 0 amide bonds. The van der Waals surface area contributed by atoms with Crippen molar-refractivity contribution in [3.8, 4) is 0 Å². The maximum atomic E-state index is 13.1. The van der Waals surface area contributed by atoms with Crippen LogP contribution < -0.4 is 15.4 Å². The van der Waals surface area contributed by atoms with Crippen LogP contribution >= 0.6 is 0 Å². The van der Waals surface area contributed by atoms with Crippen LogP contribution in [0.15, 0.2) is 56.9 Å². The molecule has 0 aliphatic carbocycles. The summed E-state index contributed by atoms with van der Waals surface area (Å²) in [5, 5.41) is 0. The lowest BCUT2D eigenvalue weighted by molar-refractivity contribution is 0.586. The maximum Gasteiger partial charge on any atom is 0.314 e. The lowest BCUT2D eigenvalue weighted by Crippen LogP contribution is -2.35. The SMILES string of the molecule is O=c1[nH]c2ccc(S(=O)(=O)N3CCCc4ccccc43)cc2[nH]c1=O. The summed E-state index contributed by atoms with van der Waals surface area (Å²) in [5.74, 6) is 0. The number of nitrogens with zero attached hydrogens (tertiary/aromatic N) is 1. The number of aromatic amines is 2. The van der Waals surface area contributed by atoms with Crippen LogP contribution in [-0.2, 0) is 16.4 Å². The van der Waals surface area contributed by atoms with Crippen molar-refractivity contribution >= 4 is 26.7 Å². The highest BCUT2D eigenvalue weighted by Crippen LogP contribution is 2.32. The summed E-state index contributed by atoms with van der Waals surface area (Å²) >= 11 is 0. The van der Waals surface area contributed by atoms with E-state index in [0.29, 0.717) is 17.7 Å². The van der Waals surface area contributed by atoms with E-state index in [-0.39, 0.29) is 10.4 Å². The molecule has 4 rings (SSSR count). The van der Waals surface area contributed by atoms with Gasteiger partial charge in [0.25, 0.3) is 10.0 Å². The number of benzene rings is 2. The Bertz CT molecular complexity index is 1190. The molecule has 2 N–H and O–H groups in total. The molecule has 2 heterocycles. The summed E-state index contributed by atoms with van der Waals surface area (Å²) in [6.45, 7) is 0.402. The molecular weight excluding hydrogens is 342 g/mol. The summed E-state index contributed by atoms with van der Waals surface area (Å²) in [7, 11) is -3.77. The minimum atomic E-state index is -3.77. The normalized spacial score (nSPS) is 14.5. The van der Waals surface area contributed by atoms with Crippen molar-refractivity contribution in [1.29, 1.82) is 0 Å². The molecule has 0 spiro atoms. The lowest BCUT2D eigenvalue weighted by atomic mass is 10.0. The average molecular weight is 357 g/mol. The monoisotopic (exact) mass is 357 g/mol. The van der Waals surface area contributed by atoms with E-state index in [2.05, 4.69) is 9.97 Å². The Balaban J connectivity index is 1.86. The molecule has 0 unspecified atom stereocenters. The molecule has 1 aromatic heterocycles. The topological polar surface area (TPSA) is 103 Å². The zero-order valence-electron chi connectivity index (χ0n) is 13.2. The van der Waals surface area contributed by atoms with Gasteiger partial charge in [0, 0.05) is 6.54 Å². The molecule has 0 bridgehead atoms. The molecule has 1 aliphatic heterocycles. The second kappa shape index (κ2) is 5.59. The number of H-pyrrole nitrogens is 2. The van der Waals surface area contributed by atoms with Gasteiger partial charge in [0.2, 0.25) is 0 Å². The number of sulfonamides is 1. The van der Waals surface area contributed by atoms with Gasteiger partial charge in [-0.15, -0.1) is 0 Å². The number of anilines is 1. The van der Waals surface area contributed by atoms with E-state index in [0.717, 1.165) is 18.4 Å². The van der Waals surface area contributed by atoms with E-state index >= 15 is 0 Å². The highest BCUT2D eigenvalue weighted by Gasteiger charge is 2.29. The molecule has 0 saturated carbocycles. The van der Waals surface area contributed by atoms with Crippen LogP contribution in [0.4, 0.5) is 5.69 Å². The maximum absolute atomic E-state index is 13.1. The molecule has 0 saturated heterocycles. The summed E-state index contributed by atoms with van der Waals surface area (Å²) in [4.78, 5) is 27.8. The molecule has 128 valence electrons. The molecule has 7 nitrogen and oxygen atoms in total. The summed E-state index contributed by atoms with van der Waals surface area (Å²) in [6.07, 6.45) is 1.59. The van der Waals surface area contributed by atoms with Crippen molar-refractivity contribution < 1.29 is 8.42 Å². The van der Waals surface area contributed by atoms with E-state index in [1.165, 1.54) is 22.5 Å².